The minimum absolute atomic E-state index is 0.0668. The third kappa shape index (κ3) is 66.1. The molecule has 0 heterocycles. The predicted octanol–water partition coefficient (Wildman–Crippen LogP) is 24.1. The fraction of sp³-hybridized carbons (Fsp3) is 0.849. The summed E-state index contributed by atoms with van der Waals surface area (Å²) in [5.41, 5.74) is 0. The van der Waals surface area contributed by atoms with Gasteiger partial charge in [0, 0.05) is 19.3 Å². The summed E-state index contributed by atoms with van der Waals surface area (Å²) in [5.74, 6) is -0.838. The maximum Gasteiger partial charge on any atom is 0.306 e. The highest BCUT2D eigenvalue weighted by molar-refractivity contribution is 5.71. The number of carbonyl (C=O) groups excluding carboxylic acids is 3. The number of ether oxygens (including phenoxy) is 3. The first kappa shape index (κ1) is 76.4. The van der Waals surface area contributed by atoms with E-state index in [9.17, 15) is 14.4 Å². The van der Waals surface area contributed by atoms with Gasteiger partial charge in [0.05, 0.1) is 0 Å². The summed E-state index contributed by atoms with van der Waals surface area (Å²) in [6.45, 7) is 6.61. The van der Waals surface area contributed by atoms with Crippen molar-refractivity contribution >= 4 is 17.9 Å². The van der Waals surface area contributed by atoms with E-state index >= 15 is 0 Å². The molecule has 0 spiro atoms. The van der Waals surface area contributed by atoms with Crippen molar-refractivity contribution in [1.82, 2.24) is 0 Å². The molecular weight excluding hydrogens is 973 g/mol. The Morgan fingerprint density at radius 2 is 0.494 bits per heavy atom. The Bertz CT molecular complexity index is 1360. The fourth-order valence-corrected chi connectivity index (χ4v) is 10.6. The van der Waals surface area contributed by atoms with Crippen LogP contribution in [0.25, 0.3) is 0 Å². The molecule has 0 saturated heterocycles. The topological polar surface area (TPSA) is 78.9 Å². The highest BCUT2D eigenvalue weighted by atomic mass is 16.6. The average molecular weight is 1110 g/mol. The van der Waals surface area contributed by atoms with Gasteiger partial charge in [-0.05, 0) is 57.8 Å². The standard InChI is InChI=1S/C73H134O6/c1-4-7-10-13-16-19-22-25-28-31-34-35-36-37-38-39-40-43-45-48-51-54-57-60-63-66-72(75)78-69-70(79-73(76)67-64-61-58-55-52-49-46-42-33-30-27-24-21-18-15-12-9-6-3)68-77-71(74)65-62-59-56-53-50-47-44-41-32-29-26-23-20-17-14-11-8-5-2/h7,10,16,19,25,28,34-35,70H,4-6,8-9,11-15,17-18,20-24,26-27,29-33,36-69H2,1-3H3/b10-7-,19-16-,28-25-,35-34-. The minimum Gasteiger partial charge on any atom is -0.462 e. The summed E-state index contributed by atoms with van der Waals surface area (Å²) in [5, 5.41) is 0. The molecular formula is C73H134O6. The third-order valence-corrected chi connectivity index (χ3v) is 15.8. The first-order valence-corrected chi connectivity index (χ1v) is 35.1. The van der Waals surface area contributed by atoms with Gasteiger partial charge in [-0.25, -0.2) is 0 Å². The number of hydrogen-bond donors (Lipinski definition) is 0. The van der Waals surface area contributed by atoms with Crippen LogP contribution in [0.4, 0.5) is 0 Å². The van der Waals surface area contributed by atoms with E-state index in [1.807, 2.05) is 0 Å². The molecule has 0 aromatic heterocycles. The Kier molecular flexibility index (Phi) is 65.6. The molecule has 0 aliphatic carbocycles. The minimum atomic E-state index is -0.771. The third-order valence-electron chi connectivity index (χ3n) is 15.8. The molecule has 79 heavy (non-hydrogen) atoms. The van der Waals surface area contributed by atoms with Gasteiger partial charge in [0.2, 0.25) is 0 Å². The van der Waals surface area contributed by atoms with Gasteiger partial charge in [-0.2, -0.15) is 0 Å². The number of allylic oxidation sites excluding steroid dienone is 8. The Hall–Kier alpha value is -2.63. The fourth-order valence-electron chi connectivity index (χ4n) is 10.6. The molecule has 0 rings (SSSR count). The van der Waals surface area contributed by atoms with Crippen molar-refractivity contribution in [3.8, 4) is 0 Å². The SMILES string of the molecule is CC/C=C\C/C=C\C/C=C\C/C=C\CCCCCCCCCCCCCCC(=O)OCC(COC(=O)CCCCCCCCCCCCCCCCCCCC)OC(=O)CCCCCCCCCCCCCCCCCCCC. The molecule has 6 nitrogen and oxygen atoms in total. The zero-order chi connectivity index (χ0) is 57.1. The molecule has 0 amide bonds. The second-order valence-electron chi connectivity index (χ2n) is 23.8. The van der Waals surface area contributed by atoms with E-state index in [1.165, 1.54) is 257 Å². The molecule has 0 saturated carbocycles. The van der Waals surface area contributed by atoms with Crippen molar-refractivity contribution in [2.75, 3.05) is 13.2 Å². The molecule has 0 aromatic rings. The number of rotatable bonds is 65. The van der Waals surface area contributed by atoms with Gasteiger partial charge in [0.15, 0.2) is 6.10 Å². The molecule has 1 unspecified atom stereocenters. The second kappa shape index (κ2) is 67.9. The van der Waals surface area contributed by atoms with Gasteiger partial charge in [0.25, 0.3) is 0 Å². The molecule has 6 heteroatoms. The van der Waals surface area contributed by atoms with Crippen LogP contribution in [0.5, 0.6) is 0 Å². The summed E-state index contributed by atoms with van der Waals surface area (Å²) < 4.78 is 17.0. The van der Waals surface area contributed by atoms with E-state index in [2.05, 4.69) is 69.4 Å². The molecule has 0 aliphatic rings. The lowest BCUT2D eigenvalue weighted by Crippen LogP contribution is -2.30. The van der Waals surface area contributed by atoms with Crippen LogP contribution >= 0.6 is 0 Å². The zero-order valence-electron chi connectivity index (χ0n) is 53.2. The smallest absolute Gasteiger partial charge is 0.306 e. The monoisotopic (exact) mass is 1110 g/mol. The second-order valence-corrected chi connectivity index (χ2v) is 23.8. The lowest BCUT2D eigenvalue weighted by Gasteiger charge is -2.18. The van der Waals surface area contributed by atoms with Crippen molar-refractivity contribution in [3.05, 3.63) is 48.6 Å². The van der Waals surface area contributed by atoms with E-state index in [0.717, 1.165) is 83.5 Å². The Labute approximate surface area is 492 Å². The zero-order valence-corrected chi connectivity index (χ0v) is 53.2. The highest BCUT2D eigenvalue weighted by Gasteiger charge is 2.19. The van der Waals surface area contributed by atoms with Crippen molar-refractivity contribution in [2.24, 2.45) is 0 Å². The number of unbranched alkanes of at least 4 members (excludes halogenated alkanes) is 46. The summed E-state index contributed by atoms with van der Waals surface area (Å²) in [4.78, 5) is 38.5. The predicted molar refractivity (Wildman–Crippen MR) is 344 cm³/mol. The van der Waals surface area contributed by atoms with Crippen molar-refractivity contribution in [3.63, 3.8) is 0 Å². The highest BCUT2D eigenvalue weighted by Crippen LogP contribution is 2.19. The van der Waals surface area contributed by atoms with Gasteiger partial charge in [0.1, 0.15) is 13.2 Å². The van der Waals surface area contributed by atoms with Crippen LogP contribution in [-0.4, -0.2) is 37.2 Å². The largest absolute Gasteiger partial charge is 0.462 e. The summed E-state index contributed by atoms with van der Waals surface area (Å²) >= 11 is 0. The number of esters is 3. The maximum atomic E-state index is 13.0. The van der Waals surface area contributed by atoms with Gasteiger partial charge in [-0.15, -0.1) is 0 Å². The quantitative estimate of drug-likeness (QED) is 0.0261. The van der Waals surface area contributed by atoms with E-state index < -0.39 is 6.10 Å². The van der Waals surface area contributed by atoms with Gasteiger partial charge in [-0.3, -0.25) is 14.4 Å². The normalized spacial score (nSPS) is 12.3. The van der Waals surface area contributed by atoms with Crippen LogP contribution in [0.2, 0.25) is 0 Å². The van der Waals surface area contributed by atoms with Gasteiger partial charge >= 0.3 is 17.9 Å². The van der Waals surface area contributed by atoms with Crippen LogP contribution in [0.3, 0.4) is 0 Å². The average Bonchev–Trinajstić information content (AvgIpc) is 3.45. The van der Waals surface area contributed by atoms with Gasteiger partial charge < -0.3 is 14.2 Å². The lowest BCUT2D eigenvalue weighted by atomic mass is 10.0. The molecule has 0 N–H and O–H groups in total. The van der Waals surface area contributed by atoms with Crippen LogP contribution in [0.1, 0.15) is 380 Å². The van der Waals surface area contributed by atoms with Crippen molar-refractivity contribution < 1.29 is 28.6 Å². The Morgan fingerprint density at radius 3 is 0.772 bits per heavy atom. The molecule has 0 bridgehead atoms. The lowest BCUT2D eigenvalue weighted by molar-refractivity contribution is -0.167. The van der Waals surface area contributed by atoms with Crippen LogP contribution in [0, 0.1) is 0 Å². The van der Waals surface area contributed by atoms with Gasteiger partial charge in [-0.1, -0.05) is 352 Å². The first-order chi connectivity index (χ1) is 39.0. The van der Waals surface area contributed by atoms with E-state index in [4.69, 9.17) is 14.2 Å². The van der Waals surface area contributed by atoms with Crippen LogP contribution in [-0.2, 0) is 28.6 Å². The molecule has 0 aliphatic heterocycles. The van der Waals surface area contributed by atoms with E-state index in [0.29, 0.717) is 19.3 Å². The summed E-state index contributed by atoms with van der Waals surface area (Å²) in [6, 6.07) is 0. The van der Waals surface area contributed by atoms with E-state index in [1.54, 1.807) is 0 Å². The van der Waals surface area contributed by atoms with Crippen molar-refractivity contribution in [1.29, 1.82) is 0 Å². The Balaban J connectivity index is 4.29. The number of hydrogen-bond acceptors (Lipinski definition) is 6. The number of carbonyl (C=O) groups is 3. The Morgan fingerprint density at radius 1 is 0.266 bits per heavy atom. The molecule has 0 aromatic carbocycles. The molecule has 462 valence electrons. The molecule has 0 fully saturated rings. The van der Waals surface area contributed by atoms with Crippen LogP contribution in [0.15, 0.2) is 48.6 Å². The molecule has 0 radical (unpaired) electrons. The first-order valence-electron chi connectivity index (χ1n) is 35.1. The summed E-state index contributed by atoms with van der Waals surface area (Å²) in [6.07, 6.45) is 85.6. The van der Waals surface area contributed by atoms with E-state index in [-0.39, 0.29) is 31.1 Å². The van der Waals surface area contributed by atoms with Crippen LogP contribution < -0.4 is 0 Å². The summed E-state index contributed by atoms with van der Waals surface area (Å²) in [7, 11) is 0. The maximum absolute atomic E-state index is 13.0. The van der Waals surface area contributed by atoms with Crippen molar-refractivity contribution in [2.45, 2.75) is 386 Å². The molecule has 1 atom stereocenters.